The molecule has 0 bridgehead atoms. The zero-order chi connectivity index (χ0) is 13.8. The van der Waals surface area contributed by atoms with E-state index >= 15 is 0 Å². The summed E-state index contributed by atoms with van der Waals surface area (Å²) in [6, 6.07) is -0.256. The highest BCUT2D eigenvalue weighted by Gasteiger charge is 2.26. The number of urea groups is 1. The van der Waals surface area contributed by atoms with Gasteiger partial charge < -0.3 is 25.3 Å². The number of hydrogen-bond donors (Lipinski definition) is 3. The van der Waals surface area contributed by atoms with E-state index in [9.17, 15) is 14.7 Å². The van der Waals surface area contributed by atoms with Gasteiger partial charge in [0.2, 0.25) is 0 Å². The molecule has 1 fully saturated rings. The first-order valence-electron chi connectivity index (χ1n) is 5.96. The average molecular weight is 259 g/mol. The third-order valence-electron chi connectivity index (χ3n) is 2.94. The van der Waals surface area contributed by atoms with Crippen LogP contribution < -0.4 is 5.32 Å². The zero-order valence-electron chi connectivity index (χ0n) is 10.8. The molecule has 1 aliphatic heterocycles. The predicted molar refractivity (Wildman–Crippen MR) is 65.3 cm³/mol. The van der Waals surface area contributed by atoms with Gasteiger partial charge in [-0.2, -0.15) is 0 Å². The molecule has 1 saturated heterocycles. The van der Waals surface area contributed by atoms with Gasteiger partial charge in [0.05, 0.1) is 12.0 Å². The molecule has 1 atom stereocenters. The molecule has 0 aromatic heterocycles. The van der Waals surface area contributed by atoms with Gasteiger partial charge in [0.1, 0.15) is 0 Å². The lowest BCUT2D eigenvalue weighted by molar-refractivity contribution is -0.141. The molecule has 2 amide bonds. The fourth-order valence-corrected chi connectivity index (χ4v) is 1.78. The van der Waals surface area contributed by atoms with E-state index < -0.39 is 18.0 Å². The van der Waals surface area contributed by atoms with Crippen LogP contribution in [0.1, 0.15) is 13.3 Å². The number of aliphatic hydroxyl groups is 1. The fourth-order valence-electron chi connectivity index (χ4n) is 1.78. The van der Waals surface area contributed by atoms with E-state index in [1.807, 2.05) is 7.05 Å². The van der Waals surface area contributed by atoms with E-state index in [0.29, 0.717) is 13.1 Å². The quantitative estimate of drug-likeness (QED) is 0.612. The van der Waals surface area contributed by atoms with Crippen molar-refractivity contribution >= 4 is 12.0 Å². The molecule has 7 heteroatoms. The van der Waals surface area contributed by atoms with Crippen molar-refractivity contribution in [1.82, 2.24) is 15.1 Å². The lowest BCUT2D eigenvalue weighted by atomic mass is 10.0. The number of piperazine rings is 1. The van der Waals surface area contributed by atoms with E-state index in [2.05, 4.69) is 10.2 Å². The summed E-state index contributed by atoms with van der Waals surface area (Å²) in [6.45, 7) is 4.25. The first-order chi connectivity index (χ1) is 8.30. The Morgan fingerprint density at radius 3 is 2.33 bits per heavy atom. The molecule has 7 nitrogen and oxygen atoms in total. The predicted octanol–water partition coefficient (Wildman–Crippen LogP) is -0.831. The molecule has 0 spiro atoms. The second-order valence-corrected chi connectivity index (χ2v) is 5.02. The van der Waals surface area contributed by atoms with Crippen LogP contribution >= 0.6 is 0 Å². The molecule has 1 rings (SSSR count). The number of rotatable bonds is 4. The summed E-state index contributed by atoms with van der Waals surface area (Å²) in [7, 11) is 1.99. The van der Waals surface area contributed by atoms with Crippen molar-refractivity contribution in [1.29, 1.82) is 0 Å². The molecule has 1 heterocycles. The van der Waals surface area contributed by atoms with Gasteiger partial charge in [0.25, 0.3) is 0 Å². The van der Waals surface area contributed by atoms with Gasteiger partial charge in [-0.05, 0) is 14.0 Å². The van der Waals surface area contributed by atoms with Crippen molar-refractivity contribution < 1.29 is 19.8 Å². The van der Waals surface area contributed by atoms with E-state index in [0.717, 1.165) is 13.1 Å². The van der Waals surface area contributed by atoms with Crippen molar-refractivity contribution in [2.75, 3.05) is 39.8 Å². The average Bonchev–Trinajstić information content (AvgIpc) is 2.25. The van der Waals surface area contributed by atoms with Crippen LogP contribution in [0.4, 0.5) is 4.79 Å². The van der Waals surface area contributed by atoms with Crippen molar-refractivity contribution in [2.45, 2.75) is 18.9 Å². The zero-order valence-corrected chi connectivity index (χ0v) is 10.8. The Kier molecular flexibility index (Phi) is 4.92. The number of carboxylic acids is 1. The molecular formula is C11H21N3O4. The Bertz CT molecular complexity index is 311. The lowest BCUT2D eigenvalue weighted by Gasteiger charge is -2.33. The SMILES string of the molecule is CN1CCN(C(=O)NCC(C)(O)CC(=O)O)CC1. The third kappa shape index (κ3) is 4.89. The minimum Gasteiger partial charge on any atom is -0.481 e. The Morgan fingerprint density at radius 1 is 1.28 bits per heavy atom. The highest BCUT2D eigenvalue weighted by atomic mass is 16.4. The summed E-state index contributed by atoms with van der Waals surface area (Å²) in [6.07, 6.45) is -0.393. The van der Waals surface area contributed by atoms with Gasteiger partial charge in [-0.3, -0.25) is 4.79 Å². The molecule has 0 aromatic carbocycles. The second kappa shape index (κ2) is 6.01. The van der Waals surface area contributed by atoms with Crippen molar-refractivity contribution in [3.63, 3.8) is 0 Å². The smallest absolute Gasteiger partial charge is 0.317 e. The molecule has 0 aliphatic carbocycles. The van der Waals surface area contributed by atoms with Crippen molar-refractivity contribution in [3.05, 3.63) is 0 Å². The van der Waals surface area contributed by atoms with Crippen molar-refractivity contribution in [3.8, 4) is 0 Å². The van der Waals surface area contributed by atoms with Crippen LogP contribution in [-0.2, 0) is 4.79 Å². The van der Waals surface area contributed by atoms with E-state index in [1.165, 1.54) is 6.92 Å². The summed E-state index contributed by atoms with van der Waals surface area (Å²) in [5.41, 5.74) is -1.42. The van der Waals surface area contributed by atoms with Crippen LogP contribution in [0.5, 0.6) is 0 Å². The van der Waals surface area contributed by atoms with Crippen molar-refractivity contribution in [2.24, 2.45) is 0 Å². The van der Waals surface area contributed by atoms with Crippen LogP contribution in [0.3, 0.4) is 0 Å². The molecule has 18 heavy (non-hydrogen) atoms. The van der Waals surface area contributed by atoms with Crippen LogP contribution in [0.25, 0.3) is 0 Å². The highest BCUT2D eigenvalue weighted by molar-refractivity contribution is 5.74. The Hall–Kier alpha value is -1.34. The van der Waals surface area contributed by atoms with Gasteiger partial charge in [-0.15, -0.1) is 0 Å². The highest BCUT2D eigenvalue weighted by Crippen LogP contribution is 2.08. The molecule has 104 valence electrons. The maximum absolute atomic E-state index is 11.8. The second-order valence-electron chi connectivity index (χ2n) is 5.02. The Balaban J connectivity index is 2.34. The molecule has 3 N–H and O–H groups in total. The normalized spacial score (nSPS) is 20.3. The number of carbonyl (C=O) groups is 2. The molecule has 0 aromatic rings. The summed E-state index contributed by atoms with van der Waals surface area (Å²) in [5.74, 6) is -1.09. The van der Waals surface area contributed by atoms with Gasteiger partial charge in [-0.25, -0.2) is 4.79 Å². The number of nitrogens with one attached hydrogen (secondary N) is 1. The molecule has 1 unspecified atom stereocenters. The standard InChI is InChI=1S/C11H21N3O4/c1-11(18,7-9(15)16)8-12-10(17)14-5-3-13(2)4-6-14/h18H,3-8H2,1-2H3,(H,12,17)(H,15,16). The number of carbonyl (C=O) groups excluding carboxylic acids is 1. The number of hydrogen-bond acceptors (Lipinski definition) is 4. The Morgan fingerprint density at radius 2 is 1.83 bits per heavy atom. The summed E-state index contributed by atoms with van der Waals surface area (Å²) < 4.78 is 0. The third-order valence-corrected chi connectivity index (χ3v) is 2.94. The van der Waals surface area contributed by atoms with Crippen LogP contribution in [0, 0.1) is 0 Å². The lowest BCUT2D eigenvalue weighted by Crippen LogP contribution is -2.53. The van der Waals surface area contributed by atoms with Gasteiger partial charge in [-0.1, -0.05) is 0 Å². The number of carboxylic acid groups (broad SMARTS) is 1. The monoisotopic (exact) mass is 259 g/mol. The van der Waals surface area contributed by atoms with Crippen LogP contribution in [0.2, 0.25) is 0 Å². The summed E-state index contributed by atoms with van der Waals surface area (Å²) in [5, 5.41) is 20.9. The molecule has 0 saturated carbocycles. The fraction of sp³-hybridized carbons (Fsp3) is 0.818. The molecule has 0 radical (unpaired) electrons. The van der Waals surface area contributed by atoms with E-state index in [1.54, 1.807) is 4.90 Å². The maximum atomic E-state index is 11.8. The summed E-state index contributed by atoms with van der Waals surface area (Å²) in [4.78, 5) is 26.1. The van der Waals surface area contributed by atoms with E-state index in [-0.39, 0.29) is 12.6 Å². The van der Waals surface area contributed by atoms with Gasteiger partial charge in [0.15, 0.2) is 0 Å². The topological polar surface area (TPSA) is 93.1 Å². The number of aliphatic carboxylic acids is 1. The van der Waals surface area contributed by atoms with Gasteiger partial charge in [0, 0.05) is 32.7 Å². The first kappa shape index (κ1) is 14.7. The maximum Gasteiger partial charge on any atom is 0.317 e. The summed E-state index contributed by atoms with van der Waals surface area (Å²) >= 11 is 0. The largest absolute Gasteiger partial charge is 0.481 e. The van der Waals surface area contributed by atoms with E-state index in [4.69, 9.17) is 5.11 Å². The number of likely N-dealkylation sites (N-methyl/N-ethyl adjacent to an activating group) is 1. The number of amides is 2. The van der Waals surface area contributed by atoms with Crippen LogP contribution in [0.15, 0.2) is 0 Å². The first-order valence-corrected chi connectivity index (χ1v) is 5.96. The minimum absolute atomic E-state index is 0.0650. The number of nitrogens with zero attached hydrogens (tertiary/aromatic N) is 2. The molecular weight excluding hydrogens is 238 g/mol. The van der Waals surface area contributed by atoms with Crippen LogP contribution in [-0.4, -0.2) is 77.4 Å². The van der Waals surface area contributed by atoms with Gasteiger partial charge >= 0.3 is 12.0 Å². The molecule has 1 aliphatic rings. The minimum atomic E-state index is -1.42. The Labute approximate surface area is 106 Å².